The molecule has 0 bridgehead atoms. The highest BCUT2D eigenvalue weighted by molar-refractivity contribution is 6.09. The summed E-state index contributed by atoms with van der Waals surface area (Å²) in [6.45, 7) is 10.5. The summed E-state index contributed by atoms with van der Waals surface area (Å²) in [5.74, 6) is -0.215. The Morgan fingerprint density at radius 3 is 2.58 bits per heavy atom. The molecule has 170 valence electrons. The third-order valence-electron chi connectivity index (χ3n) is 6.36. The fourth-order valence-electron chi connectivity index (χ4n) is 5.46. The highest BCUT2D eigenvalue weighted by Crippen LogP contribution is 2.46. The van der Waals surface area contributed by atoms with Gasteiger partial charge < -0.3 is 15.5 Å². The second-order valence-corrected chi connectivity index (χ2v) is 9.88. The van der Waals surface area contributed by atoms with E-state index in [2.05, 4.69) is 55.4 Å². The van der Waals surface area contributed by atoms with Gasteiger partial charge in [-0.25, -0.2) is 4.79 Å². The van der Waals surface area contributed by atoms with Crippen LogP contribution < -0.4 is 15.5 Å². The van der Waals surface area contributed by atoms with Gasteiger partial charge in [0.1, 0.15) is 12.1 Å². The van der Waals surface area contributed by atoms with Crippen molar-refractivity contribution < 1.29 is 14.4 Å². The van der Waals surface area contributed by atoms with Gasteiger partial charge in [0.05, 0.1) is 0 Å². The Balaban J connectivity index is 1.49. The molecule has 2 fully saturated rings. The van der Waals surface area contributed by atoms with Gasteiger partial charge in [-0.05, 0) is 56.1 Å². The number of carbonyl (C=O) groups is 3. The highest BCUT2D eigenvalue weighted by atomic mass is 16.2. The van der Waals surface area contributed by atoms with Crippen LogP contribution in [0.4, 0.5) is 10.5 Å². The number of rotatable bonds is 8. The molecular formula is C24H36N4O3. The number of benzene rings is 1. The molecule has 1 aliphatic carbocycles. The molecule has 1 aromatic carbocycles. The van der Waals surface area contributed by atoms with E-state index in [-0.39, 0.29) is 23.8 Å². The van der Waals surface area contributed by atoms with Gasteiger partial charge in [-0.15, -0.1) is 0 Å². The minimum absolute atomic E-state index is 0.0250. The van der Waals surface area contributed by atoms with Crippen molar-refractivity contribution >= 4 is 23.5 Å². The zero-order valence-electron chi connectivity index (χ0n) is 19.2. The molecule has 3 rings (SSSR count). The van der Waals surface area contributed by atoms with E-state index >= 15 is 0 Å². The second kappa shape index (κ2) is 9.28. The van der Waals surface area contributed by atoms with Crippen molar-refractivity contribution in [1.29, 1.82) is 0 Å². The lowest BCUT2D eigenvalue weighted by atomic mass is 9.64. The number of amides is 4. The van der Waals surface area contributed by atoms with Gasteiger partial charge in [-0.3, -0.25) is 14.5 Å². The van der Waals surface area contributed by atoms with Crippen molar-refractivity contribution in [3.8, 4) is 0 Å². The lowest BCUT2D eigenvalue weighted by Crippen LogP contribution is -2.54. The van der Waals surface area contributed by atoms with E-state index in [1.165, 1.54) is 0 Å². The first-order valence-electron chi connectivity index (χ1n) is 11.4. The molecule has 4 amide bonds. The minimum atomic E-state index is -0.865. The Kier molecular flexibility index (Phi) is 6.92. The molecule has 2 N–H and O–H groups in total. The van der Waals surface area contributed by atoms with Crippen molar-refractivity contribution in [3.63, 3.8) is 0 Å². The number of hydrogen-bond acceptors (Lipinski definition) is 4. The Bertz CT molecular complexity index is 810. The molecule has 1 heterocycles. The third kappa shape index (κ3) is 5.38. The van der Waals surface area contributed by atoms with Crippen LogP contribution in [0.2, 0.25) is 0 Å². The molecule has 1 saturated heterocycles. The van der Waals surface area contributed by atoms with Crippen LogP contribution in [0.15, 0.2) is 30.3 Å². The van der Waals surface area contributed by atoms with Crippen molar-refractivity contribution in [3.05, 3.63) is 30.3 Å². The maximum absolute atomic E-state index is 13.1. The Morgan fingerprint density at radius 1 is 1.23 bits per heavy atom. The van der Waals surface area contributed by atoms with E-state index in [9.17, 15) is 14.4 Å². The number of urea groups is 1. The molecule has 2 aliphatic rings. The molecule has 2 atom stereocenters. The molecule has 7 heteroatoms. The predicted octanol–water partition coefficient (Wildman–Crippen LogP) is 3.16. The summed E-state index contributed by atoms with van der Waals surface area (Å²) in [5.41, 5.74) is 0.268. The van der Waals surface area contributed by atoms with E-state index in [0.29, 0.717) is 25.3 Å². The quantitative estimate of drug-likeness (QED) is 0.492. The lowest BCUT2D eigenvalue weighted by Gasteiger charge is -2.43. The zero-order valence-corrected chi connectivity index (χ0v) is 19.2. The molecule has 7 nitrogen and oxygen atoms in total. The van der Waals surface area contributed by atoms with Crippen LogP contribution in [0.3, 0.4) is 0 Å². The molecule has 1 saturated carbocycles. The van der Waals surface area contributed by atoms with Gasteiger partial charge in [-0.2, -0.15) is 0 Å². The van der Waals surface area contributed by atoms with Crippen LogP contribution in [-0.2, 0) is 9.59 Å². The normalized spacial score (nSPS) is 24.9. The van der Waals surface area contributed by atoms with E-state index in [0.717, 1.165) is 36.5 Å². The topological polar surface area (TPSA) is 81.8 Å². The summed E-state index contributed by atoms with van der Waals surface area (Å²) in [7, 11) is 0. The predicted molar refractivity (Wildman–Crippen MR) is 122 cm³/mol. The number of imide groups is 1. The number of nitrogens with zero attached hydrogens (tertiary/aromatic N) is 2. The molecule has 0 radical (unpaired) electrons. The molecule has 1 spiro atoms. The first kappa shape index (κ1) is 23.1. The van der Waals surface area contributed by atoms with E-state index in [4.69, 9.17) is 0 Å². The molecule has 2 unspecified atom stereocenters. The van der Waals surface area contributed by atoms with Crippen LogP contribution in [0.5, 0.6) is 0 Å². The summed E-state index contributed by atoms with van der Waals surface area (Å²) in [4.78, 5) is 41.4. The number of carbonyl (C=O) groups excluding carboxylic acids is 3. The van der Waals surface area contributed by atoms with Gasteiger partial charge in [0.25, 0.3) is 5.91 Å². The smallest absolute Gasteiger partial charge is 0.325 e. The standard InChI is InChI=1S/C24H36N4O3/c1-5-27(19-10-7-6-8-11-19)13-9-12-25-20(29)16-28-21(30)24(26-22(28)31)15-18(2)14-23(3,4)17-24/h6-8,10-11,18H,5,9,12-17H2,1-4H3,(H,25,29)(H,26,31). The summed E-state index contributed by atoms with van der Waals surface area (Å²) in [6, 6.07) is 9.71. The van der Waals surface area contributed by atoms with Crippen molar-refractivity contribution in [1.82, 2.24) is 15.5 Å². The van der Waals surface area contributed by atoms with Crippen LogP contribution in [0.25, 0.3) is 0 Å². The van der Waals surface area contributed by atoms with Gasteiger partial charge in [-0.1, -0.05) is 39.0 Å². The fourth-order valence-corrected chi connectivity index (χ4v) is 5.46. The minimum Gasteiger partial charge on any atom is -0.372 e. The van der Waals surface area contributed by atoms with Crippen molar-refractivity contribution in [2.75, 3.05) is 31.1 Å². The van der Waals surface area contributed by atoms with E-state index < -0.39 is 11.6 Å². The number of nitrogens with one attached hydrogen (secondary N) is 2. The molecular weight excluding hydrogens is 392 g/mol. The van der Waals surface area contributed by atoms with E-state index in [1.807, 2.05) is 18.2 Å². The van der Waals surface area contributed by atoms with Crippen LogP contribution in [-0.4, -0.2) is 54.5 Å². The average molecular weight is 429 g/mol. The highest BCUT2D eigenvalue weighted by Gasteiger charge is 2.56. The molecule has 31 heavy (non-hydrogen) atoms. The first-order valence-corrected chi connectivity index (χ1v) is 11.4. The van der Waals surface area contributed by atoms with Gasteiger partial charge in [0.2, 0.25) is 5.91 Å². The van der Waals surface area contributed by atoms with Crippen molar-refractivity contribution in [2.45, 2.75) is 58.9 Å². The summed E-state index contributed by atoms with van der Waals surface area (Å²) >= 11 is 0. The van der Waals surface area contributed by atoms with Gasteiger partial charge in [0.15, 0.2) is 0 Å². The number of anilines is 1. The number of hydrogen-bond donors (Lipinski definition) is 2. The first-order chi connectivity index (χ1) is 14.7. The largest absolute Gasteiger partial charge is 0.372 e. The Morgan fingerprint density at radius 2 is 1.94 bits per heavy atom. The maximum Gasteiger partial charge on any atom is 0.325 e. The fraction of sp³-hybridized carbons (Fsp3) is 0.625. The summed E-state index contributed by atoms with van der Waals surface area (Å²) in [6.07, 6.45) is 3.05. The molecule has 0 aromatic heterocycles. The summed E-state index contributed by atoms with van der Waals surface area (Å²) in [5, 5.41) is 5.78. The Labute approximate surface area is 185 Å². The van der Waals surface area contributed by atoms with E-state index in [1.54, 1.807) is 0 Å². The van der Waals surface area contributed by atoms with Gasteiger partial charge in [0, 0.05) is 25.3 Å². The van der Waals surface area contributed by atoms with Gasteiger partial charge >= 0.3 is 6.03 Å². The average Bonchev–Trinajstić information content (AvgIpc) is 2.90. The van der Waals surface area contributed by atoms with Crippen molar-refractivity contribution in [2.24, 2.45) is 11.3 Å². The Hall–Kier alpha value is -2.57. The molecule has 1 aromatic rings. The summed E-state index contributed by atoms with van der Waals surface area (Å²) < 4.78 is 0. The number of para-hydroxylation sites is 1. The molecule has 1 aliphatic heterocycles. The SMILES string of the molecule is CCN(CCCNC(=O)CN1C(=O)NC2(CC(C)CC(C)(C)C2)C1=O)c1ccccc1. The van der Waals surface area contributed by atoms with Crippen LogP contribution in [0, 0.1) is 11.3 Å². The zero-order chi connectivity index (χ0) is 22.6. The second-order valence-electron chi connectivity index (χ2n) is 9.88. The van der Waals surface area contributed by atoms with Crippen LogP contribution >= 0.6 is 0 Å². The van der Waals surface area contributed by atoms with Crippen LogP contribution in [0.1, 0.15) is 53.4 Å². The lowest BCUT2D eigenvalue weighted by molar-refractivity contribution is -0.137. The monoisotopic (exact) mass is 428 g/mol. The third-order valence-corrected chi connectivity index (χ3v) is 6.36. The maximum atomic E-state index is 13.1.